The molecule has 0 aliphatic rings. The van der Waals surface area contributed by atoms with Crippen LogP contribution in [0.2, 0.25) is 10.0 Å². The highest BCUT2D eigenvalue weighted by Crippen LogP contribution is 2.28. The van der Waals surface area contributed by atoms with Gasteiger partial charge in [-0.25, -0.2) is 4.39 Å². The average Bonchev–Trinajstić information content (AvgIpc) is 2.75. The van der Waals surface area contributed by atoms with E-state index in [1.54, 1.807) is 24.3 Å². The van der Waals surface area contributed by atoms with E-state index in [9.17, 15) is 14.4 Å². The summed E-state index contributed by atoms with van der Waals surface area (Å²) in [7, 11) is 0. The van der Waals surface area contributed by atoms with Gasteiger partial charge in [0, 0.05) is 5.69 Å². The van der Waals surface area contributed by atoms with Gasteiger partial charge in [0.2, 0.25) is 0 Å². The van der Waals surface area contributed by atoms with Crippen molar-refractivity contribution in [1.82, 2.24) is 0 Å². The molecule has 3 aromatic rings. The van der Waals surface area contributed by atoms with Crippen LogP contribution in [0.4, 0.5) is 10.1 Å². The Morgan fingerprint density at radius 3 is 2.31 bits per heavy atom. The van der Waals surface area contributed by atoms with Gasteiger partial charge < -0.3 is 10.1 Å². The van der Waals surface area contributed by atoms with Crippen molar-refractivity contribution in [3.05, 3.63) is 98.3 Å². The number of nitrogens with one attached hydrogen (secondary N) is 1. The Morgan fingerprint density at radius 1 is 1.06 bits per heavy atom. The Kier molecular flexibility index (Phi) is 7.53. The van der Waals surface area contributed by atoms with Crippen LogP contribution < -0.4 is 10.1 Å². The van der Waals surface area contributed by atoms with Crippen molar-refractivity contribution in [3.63, 3.8) is 0 Å². The molecule has 0 radical (unpaired) electrons. The van der Waals surface area contributed by atoms with Crippen LogP contribution in [0, 0.1) is 31.0 Å². The topological polar surface area (TPSA) is 62.1 Å². The van der Waals surface area contributed by atoms with Gasteiger partial charge >= 0.3 is 0 Å². The van der Waals surface area contributed by atoms with Crippen molar-refractivity contribution in [2.24, 2.45) is 0 Å². The van der Waals surface area contributed by atoms with Crippen LogP contribution in [0.1, 0.15) is 22.3 Å². The molecule has 0 aromatic heterocycles. The van der Waals surface area contributed by atoms with Gasteiger partial charge in [-0.2, -0.15) is 5.26 Å². The fourth-order valence-corrected chi connectivity index (χ4v) is 3.42. The van der Waals surface area contributed by atoms with Crippen molar-refractivity contribution < 1.29 is 13.9 Å². The molecular weight excluding hydrogens is 450 g/mol. The molecule has 0 bridgehead atoms. The summed E-state index contributed by atoms with van der Waals surface area (Å²) in [6.45, 7) is 4.06. The number of anilines is 1. The first-order chi connectivity index (χ1) is 15.3. The standard InChI is InChI=1S/C25H19Cl2FN2O2/c1-15-9-18(10-16(2)24(15)32-14-17-3-5-20(28)6-4-17)11-19(13-29)25(31)30-21-7-8-22(26)23(27)12-21/h3-12H,14H2,1-2H3,(H,30,31)/b19-11+. The van der Waals surface area contributed by atoms with E-state index >= 15 is 0 Å². The smallest absolute Gasteiger partial charge is 0.266 e. The average molecular weight is 469 g/mol. The largest absolute Gasteiger partial charge is 0.488 e. The molecule has 7 heteroatoms. The second kappa shape index (κ2) is 10.3. The van der Waals surface area contributed by atoms with Crippen LogP contribution in [0.15, 0.2) is 60.2 Å². The Morgan fingerprint density at radius 2 is 1.72 bits per heavy atom. The maximum atomic E-state index is 13.1. The Labute approximate surface area is 195 Å². The summed E-state index contributed by atoms with van der Waals surface area (Å²) in [6, 6.07) is 16.4. The first-order valence-electron chi connectivity index (χ1n) is 9.63. The minimum atomic E-state index is -0.558. The Bertz CT molecular complexity index is 1210. The van der Waals surface area contributed by atoms with Gasteiger partial charge in [-0.1, -0.05) is 35.3 Å². The molecule has 0 atom stereocenters. The second-order valence-corrected chi connectivity index (χ2v) is 7.97. The van der Waals surface area contributed by atoms with Crippen LogP contribution in [0.5, 0.6) is 5.75 Å². The number of nitriles is 1. The van der Waals surface area contributed by atoms with E-state index in [2.05, 4.69) is 5.32 Å². The lowest BCUT2D eigenvalue weighted by atomic mass is 10.0. The minimum Gasteiger partial charge on any atom is -0.488 e. The van der Waals surface area contributed by atoms with E-state index in [0.717, 1.165) is 16.7 Å². The summed E-state index contributed by atoms with van der Waals surface area (Å²) in [5, 5.41) is 12.8. The fourth-order valence-electron chi connectivity index (χ4n) is 3.12. The van der Waals surface area contributed by atoms with Crippen molar-refractivity contribution in [3.8, 4) is 11.8 Å². The van der Waals surface area contributed by atoms with Gasteiger partial charge in [0.05, 0.1) is 10.0 Å². The fraction of sp³-hybridized carbons (Fsp3) is 0.120. The zero-order valence-electron chi connectivity index (χ0n) is 17.4. The molecule has 3 aromatic carbocycles. The van der Waals surface area contributed by atoms with E-state index in [1.165, 1.54) is 24.3 Å². The van der Waals surface area contributed by atoms with E-state index in [4.69, 9.17) is 27.9 Å². The molecule has 1 N–H and O–H groups in total. The quantitative estimate of drug-likeness (QED) is 0.316. The molecule has 162 valence electrons. The van der Waals surface area contributed by atoms with Crippen LogP contribution in [-0.2, 0) is 11.4 Å². The van der Waals surface area contributed by atoms with Gasteiger partial charge in [0.15, 0.2) is 0 Å². The van der Waals surface area contributed by atoms with Crippen molar-refractivity contribution in [2.45, 2.75) is 20.5 Å². The van der Waals surface area contributed by atoms with Gasteiger partial charge in [-0.3, -0.25) is 4.79 Å². The number of rotatable bonds is 6. The number of carbonyl (C=O) groups is 1. The lowest BCUT2D eigenvalue weighted by molar-refractivity contribution is -0.112. The molecule has 0 aliphatic carbocycles. The molecule has 0 unspecified atom stereocenters. The van der Waals surface area contributed by atoms with Crippen LogP contribution in [-0.4, -0.2) is 5.91 Å². The van der Waals surface area contributed by atoms with Gasteiger partial charge in [-0.05, 0) is 84.6 Å². The molecule has 3 rings (SSSR count). The molecule has 0 aliphatic heterocycles. The molecular formula is C25H19Cl2FN2O2. The highest BCUT2D eigenvalue weighted by atomic mass is 35.5. The van der Waals surface area contributed by atoms with Crippen LogP contribution in [0.25, 0.3) is 6.08 Å². The number of halogens is 3. The summed E-state index contributed by atoms with van der Waals surface area (Å²) >= 11 is 11.9. The molecule has 0 spiro atoms. The third-order valence-electron chi connectivity index (χ3n) is 4.63. The minimum absolute atomic E-state index is 0.0603. The molecule has 0 heterocycles. The first-order valence-corrected chi connectivity index (χ1v) is 10.4. The van der Waals surface area contributed by atoms with Crippen LogP contribution >= 0.6 is 23.2 Å². The third kappa shape index (κ3) is 5.88. The summed E-state index contributed by atoms with van der Waals surface area (Å²) in [4.78, 5) is 12.5. The van der Waals surface area contributed by atoms with E-state index < -0.39 is 5.91 Å². The normalized spacial score (nSPS) is 11.1. The number of benzene rings is 3. The van der Waals surface area contributed by atoms with Crippen molar-refractivity contribution >= 4 is 40.9 Å². The summed E-state index contributed by atoms with van der Waals surface area (Å²) < 4.78 is 19.0. The Hall–Kier alpha value is -3.33. The van der Waals surface area contributed by atoms with Gasteiger partial charge in [0.1, 0.15) is 29.8 Å². The summed E-state index contributed by atoms with van der Waals surface area (Å²) in [5.41, 5.74) is 3.60. The van der Waals surface area contributed by atoms with Gasteiger partial charge in [0.25, 0.3) is 5.91 Å². The molecule has 0 saturated heterocycles. The molecule has 4 nitrogen and oxygen atoms in total. The highest BCUT2D eigenvalue weighted by Gasteiger charge is 2.12. The van der Waals surface area contributed by atoms with Gasteiger partial charge in [-0.15, -0.1) is 0 Å². The highest BCUT2D eigenvalue weighted by molar-refractivity contribution is 6.42. The monoisotopic (exact) mass is 468 g/mol. The zero-order chi connectivity index (χ0) is 23.3. The molecule has 0 saturated carbocycles. The number of aryl methyl sites for hydroxylation is 2. The third-order valence-corrected chi connectivity index (χ3v) is 5.37. The van der Waals surface area contributed by atoms with E-state index in [-0.39, 0.29) is 11.4 Å². The summed E-state index contributed by atoms with van der Waals surface area (Å²) in [6.07, 6.45) is 1.51. The zero-order valence-corrected chi connectivity index (χ0v) is 18.9. The second-order valence-electron chi connectivity index (χ2n) is 7.15. The van der Waals surface area contributed by atoms with Crippen molar-refractivity contribution in [2.75, 3.05) is 5.32 Å². The maximum absolute atomic E-state index is 13.1. The summed E-state index contributed by atoms with van der Waals surface area (Å²) in [5.74, 6) is -0.156. The number of nitrogens with zero attached hydrogens (tertiary/aromatic N) is 1. The molecule has 1 amide bonds. The predicted molar refractivity (Wildman–Crippen MR) is 125 cm³/mol. The van der Waals surface area contributed by atoms with Crippen molar-refractivity contribution in [1.29, 1.82) is 5.26 Å². The predicted octanol–water partition coefficient (Wildman–Crippen LogP) is 6.87. The molecule has 0 fully saturated rings. The number of hydrogen-bond donors (Lipinski definition) is 1. The SMILES string of the molecule is Cc1cc(/C=C(\C#N)C(=O)Nc2ccc(Cl)c(Cl)c2)cc(C)c1OCc1ccc(F)cc1. The lowest BCUT2D eigenvalue weighted by Crippen LogP contribution is -2.13. The van der Waals surface area contributed by atoms with Crippen LogP contribution in [0.3, 0.4) is 0 Å². The number of hydrogen-bond acceptors (Lipinski definition) is 3. The lowest BCUT2D eigenvalue weighted by Gasteiger charge is -2.13. The maximum Gasteiger partial charge on any atom is 0.266 e. The number of ether oxygens (including phenoxy) is 1. The van der Waals surface area contributed by atoms with E-state index in [1.807, 2.05) is 32.0 Å². The first kappa shape index (κ1) is 23.3. The molecule has 32 heavy (non-hydrogen) atoms. The van der Waals surface area contributed by atoms with E-state index in [0.29, 0.717) is 33.7 Å². The number of carbonyl (C=O) groups excluding carboxylic acids is 1. The number of amides is 1. The Balaban J connectivity index is 1.77.